The Morgan fingerprint density at radius 2 is 1.82 bits per heavy atom. The van der Waals surface area contributed by atoms with Crippen molar-refractivity contribution in [1.29, 1.82) is 0 Å². The van der Waals surface area contributed by atoms with Crippen molar-refractivity contribution in [1.82, 2.24) is 25.3 Å². The van der Waals surface area contributed by atoms with E-state index in [9.17, 15) is 4.79 Å². The van der Waals surface area contributed by atoms with Crippen LogP contribution in [-0.2, 0) is 13.1 Å². The summed E-state index contributed by atoms with van der Waals surface area (Å²) in [6.45, 7) is 9.22. The van der Waals surface area contributed by atoms with Crippen molar-refractivity contribution in [2.24, 2.45) is 0 Å². The molecular formula is C19H25N5O4. The molecule has 4 rings (SSSR count). The number of amides is 1. The monoisotopic (exact) mass is 387 g/mol. The fraction of sp³-hybridized carbons (Fsp3) is 0.526. The Bertz CT molecular complexity index is 829. The molecule has 150 valence electrons. The largest absolute Gasteiger partial charge is 0.454 e. The summed E-state index contributed by atoms with van der Waals surface area (Å²) < 4.78 is 16.0. The van der Waals surface area contributed by atoms with Crippen molar-refractivity contribution in [3.8, 4) is 11.5 Å². The number of carbonyl (C=O) groups excluding carboxylic acids is 1. The Morgan fingerprint density at radius 1 is 1.11 bits per heavy atom. The number of hydrogen-bond acceptors (Lipinski definition) is 8. The second-order valence-corrected chi connectivity index (χ2v) is 7.38. The number of aromatic nitrogens is 2. The van der Waals surface area contributed by atoms with Crippen LogP contribution in [0.5, 0.6) is 11.5 Å². The molecule has 0 unspecified atom stereocenters. The molecule has 0 atom stereocenters. The van der Waals surface area contributed by atoms with Gasteiger partial charge in [-0.25, -0.2) is 0 Å². The van der Waals surface area contributed by atoms with Gasteiger partial charge in [-0.05, 0) is 31.5 Å². The standard InChI is InChI=1S/C19H25N5O4/c1-13(2)20-19(25)18-21-17(28-22-18)11-24-7-5-23(6-8-24)10-14-3-4-15-16(9-14)27-12-26-15/h3-4,9,13H,5-8,10-12H2,1-2H3,(H,20,25). The Morgan fingerprint density at radius 3 is 2.57 bits per heavy atom. The minimum absolute atomic E-state index is 0.0345. The Balaban J connectivity index is 1.25. The smallest absolute Gasteiger partial charge is 0.292 e. The SMILES string of the molecule is CC(C)NC(=O)c1noc(CN2CCN(Cc3ccc4c(c3)OCO4)CC2)n1. The van der Waals surface area contributed by atoms with Crippen LogP contribution in [0.25, 0.3) is 0 Å². The van der Waals surface area contributed by atoms with E-state index in [0.717, 1.165) is 44.2 Å². The van der Waals surface area contributed by atoms with Crippen LogP contribution in [0.4, 0.5) is 0 Å². The number of fused-ring (bicyclic) bond motifs is 1. The van der Waals surface area contributed by atoms with E-state index in [1.54, 1.807) is 0 Å². The number of benzene rings is 1. The van der Waals surface area contributed by atoms with Crippen LogP contribution in [-0.4, -0.2) is 64.9 Å². The highest BCUT2D eigenvalue weighted by Gasteiger charge is 2.22. The average Bonchev–Trinajstić information content (AvgIpc) is 3.32. The molecule has 0 bridgehead atoms. The average molecular weight is 387 g/mol. The van der Waals surface area contributed by atoms with Gasteiger partial charge in [0.2, 0.25) is 12.7 Å². The highest BCUT2D eigenvalue weighted by Crippen LogP contribution is 2.32. The number of ether oxygens (including phenoxy) is 2. The van der Waals surface area contributed by atoms with E-state index >= 15 is 0 Å². The number of nitrogens with one attached hydrogen (secondary N) is 1. The van der Waals surface area contributed by atoms with Gasteiger partial charge in [-0.3, -0.25) is 14.6 Å². The molecule has 1 aromatic heterocycles. The molecule has 28 heavy (non-hydrogen) atoms. The normalized spacial score (nSPS) is 17.2. The molecule has 9 nitrogen and oxygen atoms in total. The molecule has 1 fully saturated rings. The van der Waals surface area contributed by atoms with E-state index in [4.69, 9.17) is 14.0 Å². The fourth-order valence-corrected chi connectivity index (χ4v) is 3.33. The van der Waals surface area contributed by atoms with Gasteiger partial charge >= 0.3 is 0 Å². The predicted octanol–water partition coefficient (Wildman–Crippen LogP) is 1.25. The van der Waals surface area contributed by atoms with E-state index < -0.39 is 0 Å². The fourth-order valence-electron chi connectivity index (χ4n) is 3.33. The molecule has 2 aliphatic rings. The number of piperazine rings is 1. The molecule has 1 N–H and O–H groups in total. The molecule has 3 heterocycles. The summed E-state index contributed by atoms with van der Waals surface area (Å²) in [5, 5.41) is 6.54. The number of carbonyl (C=O) groups is 1. The van der Waals surface area contributed by atoms with Crippen LogP contribution in [0.3, 0.4) is 0 Å². The molecule has 0 saturated carbocycles. The molecule has 1 aromatic carbocycles. The van der Waals surface area contributed by atoms with E-state index in [2.05, 4.69) is 37.4 Å². The van der Waals surface area contributed by atoms with Crippen molar-refractivity contribution in [2.45, 2.75) is 33.0 Å². The first-order valence-corrected chi connectivity index (χ1v) is 9.53. The first-order chi connectivity index (χ1) is 13.6. The zero-order valence-corrected chi connectivity index (χ0v) is 16.2. The van der Waals surface area contributed by atoms with Gasteiger partial charge in [0.25, 0.3) is 11.7 Å². The lowest BCUT2D eigenvalue weighted by molar-refractivity contribution is 0.0929. The molecule has 0 aliphatic carbocycles. The van der Waals surface area contributed by atoms with Gasteiger partial charge in [0, 0.05) is 38.8 Å². The van der Waals surface area contributed by atoms with Crippen LogP contribution in [0, 0.1) is 0 Å². The third-order valence-corrected chi connectivity index (χ3v) is 4.76. The van der Waals surface area contributed by atoms with Crippen molar-refractivity contribution in [3.05, 3.63) is 35.5 Å². The first kappa shape index (κ1) is 18.7. The summed E-state index contributed by atoms with van der Waals surface area (Å²) >= 11 is 0. The van der Waals surface area contributed by atoms with Crippen LogP contribution < -0.4 is 14.8 Å². The van der Waals surface area contributed by atoms with Crippen molar-refractivity contribution in [2.75, 3.05) is 33.0 Å². The van der Waals surface area contributed by atoms with Crippen LogP contribution in [0.2, 0.25) is 0 Å². The molecule has 2 aromatic rings. The summed E-state index contributed by atoms with van der Waals surface area (Å²) in [4.78, 5) is 20.8. The van der Waals surface area contributed by atoms with Gasteiger partial charge in [-0.15, -0.1) is 0 Å². The summed E-state index contributed by atoms with van der Waals surface area (Å²) in [5.74, 6) is 1.89. The topological polar surface area (TPSA) is 93.0 Å². The second-order valence-electron chi connectivity index (χ2n) is 7.38. The predicted molar refractivity (Wildman–Crippen MR) is 100 cm³/mol. The molecule has 0 radical (unpaired) electrons. The lowest BCUT2D eigenvalue weighted by atomic mass is 10.1. The molecule has 1 amide bonds. The zero-order chi connectivity index (χ0) is 19.5. The van der Waals surface area contributed by atoms with Crippen molar-refractivity contribution in [3.63, 3.8) is 0 Å². The second kappa shape index (κ2) is 8.15. The molecular weight excluding hydrogens is 362 g/mol. The van der Waals surface area contributed by atoms with Crippen LogP contribution in [0.1, 0.15) is 35.9 Å². The van der Waals surface area contributed by atoms with Crippen molar-refractivity contribution < 1.29 is 18.8 Å². The van der Waals surface area contributed by atoms with Gasteiger partial charge in [-0.1, -0.05) is 11.2 Å². The Labute approximate surface area is 163 Å². The third-order valence-electron chi connectivity index (χ3n) is 4.76. The Kier molecular flexibility index (Phi) is 5.45. The van der Waals surface area contributed by atoms with E-state index in [-0.39, 0.29) is 17.8 Å². The number of rotatable bonds is 6. The minimum Gasteiger partial charge on any atom is -0.454 e. The molecule has 0 spiro atoms. The highest BCUT2D eigenvalue weighted by molar-refractivity contribution is 5.90. The number of nitrogens with zero attached hydrogens (tertiary/aromatic N) is 4. The quantitative estimate of drug-likeness (QED) is 0.792. The highest BCUT2D eigenvalue weighted by atomic mass is 16.7. The summed E-state index contributed by atoms with van der Waals surface area (Å²) in [7, 11) is 0. The first-order valence-electron chi connectivity index (χ1n) is 9.53. The van der Waals surface area contributed by atoms with Gasteiger partial charge < -0.3 is 19.3 Å². The van der Waals surface area contributed by atoms with E-state index in [1.165, 1.54) is 5.56 Å². The zero-order valence-electron chi connectivity index (χ0n) is 16.2. The van der Waals surface area contributed by atoms with Gasteiger partial charge in [0.15, 0.2) is 11.5 Å². The number of hydrogen-bond donors (Lipinski definition) is 1. The maximum absolute atomic E-state index is 11.9. The Hall–Kier alpha value is -2.65. The third kappa shape index (κ3) is 4.42. The van der Waals surface area contributed by atoms with Crippen LogP contribution >= 0.6 is 0 Å². The maximum atomic E-state index is 11.9. The van der Waals surface area contributed by atoms with Gasteiger partial charge in [-0.2, -0.15) is 4.98 Å². The van der Waals surface area contributed by atoms with E-state index in [0.29, 0.717) is 19.2 Å². The summed E-state index contributed by atoms with van der Waals surface area (Å²) in [6.07, 6.45) is 0. The lowest BCUT2D eigenvalue weighted by Gasteiger charge is -2.33. The van der Waals surface area contributed by atoms with Crippen molar-refractivity contribution >= 4 is 5.91 Å². The summed E-state index contributed by atoms with van der Waals surface area (Å²) in [5.41, 5.74) is 1.22. The van der Waals surface area contributed by atoms with Crippen LogP contribution in [0.15, 0.2) is 22.7 Å². The lowest BCUT2D eigenvalue weighted by Crippen LogP contribution is -2.45. The van der Waals surface area contributed by atoms with Gasteiger partial charge in [0.05, 0.1) is 6.54 Å². The maximum Gasteiger partial charge on any atom is 0.292 e. The summed E-state index contributed by atoms with van der Waals surface area (Å²) in [6, 6.07) is 6.14. The van der Waals surface area contributed by atoms with E-state index in [1.807, 2.05) is 19.9 Å². The molecule has 1 saturated heterocycles. The minimum atomic E-state index is -0.307. The van der Waals surface area contributed by atoms with Gasteiger partial charge in [0.1, 0.15) is 0 Å². The molecule has 9 heteroatoms. The molecule has 2 aliphatic heterocycles.